The van der Waals surface area contributed by atoms with Crippen LogP contribution in [0.3, 0.4) is 0 Å². The lowest BCUT2D eigenvalue weighted by atomic mass is 10.1. The van der Waals surface area contributed by atoms with Crippen molar-refractivity contribution >= 4 is 33.3 Å². The molecule has 0 radical (unpaired) electrons. The number of rotatable bonds is 6. The molecule has 1 unspecified atom stereocenters. The number of aliphatic carboxylic acids is 1. The van der Waals surface area contributed by atoms with E-state index in [0.717, 1.165) is 17.4 Å². The smallest absolute Gasteiger partial charge is 0.338 e. The van der Waals surface area contributed by atoms with E-state index in [4.69, 9.17) is 5.11 Å². The Morgan fingerprint density at radius 2 is 2.00 bits per heavy atom. The molecule has 1 atom stereocenters. The second-order valence-electron chi connectivity index (χ2n) is 4.33. The molecule has 1 rings (SSSR count). The summed E-state index contributed by atoms with van der Waals surface area (Å²) in [5, 5.41) is 10.3. The normalized spacial score (nSPS) is 13.2. The molecule has 0 bridgehead atoms. The SMILES string of the molecule is COC(=O)c1csc(S(=O)(=O)NC(C(=O)O)C(C)C)c1. The average Bonchev–Trinajstić information content (AvgIpc) is 2.84. The molecular formula is C11H15NO6S2. The number of hydrogen-bond acceptors (Lipinski definition) is 6. The molecule has 7 nitrogen and oxygen atoms in total. The maximum Gasteiger partial charge on any atom is 0.338 e. The molecule has 0 amide bonds. The molecule has 0 saturated carbocycles. The fourth-order valence-corrected chi connectivity index (χ4v) is 3.88. The van der Waals surface area contributed by atoms with Gasteiger partial charge in [-0.3, -0.25) is 4.79 Å². The highest BCUT2D eigenvalue weighted by molar-refractivity contribution is 7.91. The van der Waals surface area contributed by atoms with Crippen LogP contribution >= 0.6 is 11.3 Å². The summed E-state index contributed by atoms with van der Waals surface area (Å²) in [7, 11) is -2.80. The summed E-state index contributed by atoms with van der Waals surface area (Å²) in [6.45, 7) is 3.19. The first kappa shape index (κ1) is 16.6. The van der Waals surface area contributed by atoms with Gasteiger partial charge < -0.3 is 9.84 Å². The largest absolute Gasteiger partial charge is 0.480 e. The summed E-state index contributed by atoms with van der Waals surface area (Å²) in [6, 6.07) is -0.0818. The third kappa shape index (κ3) is 3.78. The van der Waals surface area contributed by atoms with E-state index in [9.17, 15) is 18.0 Å². The number of carbonyl (C=O) groups is 2. The zero-order valence-electron chi connectivity index (χ0n) is 11.1. The van der Waals surface area contributed by atoms with E-state index in [2.05, 4.69) is 9.46 Å². The Labute approximate surface area is 120 Å². The van der Waals surface area contributed by atoms with Crippen molar-refractivity contribution in [2.24, 2.45) is 5.92 Å². The monoisotopic (exact) mass is 321 g/mol. The number of hydrogen-bond donors (Lipinski definition) is 2. The molecule has 2 N–H and O–H groups in total. The molecule has 1 aromatic rings. The van der Waals surface area contributed by atoms with Crippen molar-refractivity contribution in [2.45, 2.75) is 24.1 Å². The van der Waals surface area contributed by atoms with Crippen LogP contribution in [0.2, 0.25) is 0 Å². The van der Waals surface area contributed by atoms with Crippen molar-refractivity contribution in [2.75, 3.05) is 7.11 Å². The fourth-order valence-electron chi connectivity index (χ4n) is 1.38. The van der Waals surface area contributed by atoms with E-state index >= 15 is 0 Å². The van der Waals surface area contributed by atoms with Crippen molar-refractivity contribution in [3.8, 4) is 0 Å². The van der Waals surface area contributed by atoms with Crippen LogP contribution in [0.1, 0.15) is 24.2 Å². The van der Waals surface area contributed by atoms with Gasteiger partial charge in [-0.2, -0.15) is 4.72 Å². The Bertz CT molecular complexity index is 604. The van der Waals surface area contributed by atoms with E-state index < -0.39 is 33.9 Å². The molecule has 0 aliphatic rings. The van der Waals surface area contributed by atoms with E-state index in [1.54, 1.807) is 13.8 Å². The standard InChI is InChI=1S/C11H15NO6S2/c1-6(2)9(10(13)14)12-20(16,17)8-4-7(5-19-8)11(15)18-3/h4-6,9,12H,1-3H3,(H,13,14). The third-order valence-corrected chi connectivity index (χ3v) is 5.36. The molecule has 0 fully saturated rings. The summed E-state index contributed by atoms with van der Waals surface area (Å²) in [6.07, 6.45) is 0. The van der Waals surface area contributed by atoms with Gasteiger partial charge in [0.1, 0.15) is 10.3 Å². The minimum absolute atomic E-state index is 0.106. The van der Waals surface area contributed by atoms with Crippen molar-refractivity contribution in [1.82, 2.24) is 4.72 Å². The number of methoxy groups -OCH3 is 1. The lowest BCUT2D eigenvalue weighted by Crippen LogP contribution is -2.43. The third-order valence-electron chi connectivity index (χ3n) is 2.48. The van der Waals surface area contributed by atoms with Crippen molar-refractivity contribution < 1.29 is 27.9 Å². The quantitative estimate of drug-likeness (QED) is 0.754. The molecule has 0 aromatic carbocycles. The van der Waals surface area contributed by atoms with E-state index in [-0.39, 0.29) is 9.77 Å². The van der Waals surface area contributed by atoms with Crippen LogP contribution in [0.4, 0.5) is 0 Å². The first-order chi connectivity index (χ1) is 9.19. The van der Waals surface area contributed by atoms with Crippen molar-refractivity contribution in [3.63, 3.8) is 0 Å². The van der Waals surface area contributed by atoms with Crippen LogP contribution < -0.4 is 4.72 Å². The second-order valence-corrected chi connectivity index (χ2v) is 7.18. The summed E-state index contributed by atoms with van der Waals surface area (Å²) in [5.74, 6) is -2.32. The van der Waals surface area contributed by atoms with E-state index in [0.29, 0.717) is 0 Å². The maximum atomic E-state index is 12.1. The van der Waals surface area contributed by atoms with Gasteiger partial charge in [-0.05, 0) is 12.0 Å². The van der Waals surface area contributed by atoms with E-state index in [1.165, 1.54) is 12.5 Å². The number of ether oxygens (including phenoxy) is 1. The molecule has 0 spiro atoms. The van der Waals surface area contributed by atoms with E-state index in [1.807, 2.05) is 0 Å². The van der Waals surface area contributed by atoms with Crippen LogP contribution in [-0.4, -0.2) is 38.6 Å². The van der Waals surface area contributed by atoms with Crippen LogP contribution in [0.5, 0.6) is 0 Å². The number of esters is 1. The number of sulfonamides is 1. The minimum atomic E-state index is -3.99. The molecule has 20 heavy (non-hydrogen) atoms. The zero-order chi connectivity index (χ0) is 15.5. The number of thiophene rings is 1. The van der Waals surface area contributed by atoms with Crippen molar-refractivity contribution in [1.29, 1.82) is 0 Å². The lowest BCUT2D eigenvalue weighted by molar-refractivity contribution is -0.140. The fraction of sp³-hybridized carbons (Fsp3) is 0.455. The van der Waals surface area contributed by atoms with Gasteiger partial charge in [-0.1, -0.05) is 13.8 Å². The van der Waals surface area contributed by atoms with Gasteiger partial charge in [0.2, 0.25) is 0 Å². The first-order valence-electron chi connectivity index (χ1n) is 5.61. The zero-order valence-corrected chi connectivity index (χ0v) is 12.7. The average molecular weight is 321 g/mol. The molecule has 1 heterocycles. The predicted molar refractivity (Wildman–Crippen MR) is 72.2 cm³/mol. The highest BCUT2D eigenvalue weighted by Gasteiger charge is 2.29. The van der Waals surface area contributed by atoms with Crippen LogP contribution in [0.15, 0.2) is 15.7 Å². The Morgan fingerprint density at radius 1 is 1.40 bits per heavy atom. The van der Waals surface area contributed by atoms with Crippen LogP contribution in [0.25, 0.3) is 0 Å². The van der Waals surface area contributed by atoms with Crippen molar-refractivity contribution in [3.05, 3.63) is 17.0 Å². The van der Waals surface area contributed by atoms with Gasteiger partial charge in [-0.25, -0.2) is 13.2 Å². The van der Waals surface area contributed by atoms with Crippen LogP contribution in [-0.2, 0) is 19.6 Å². The molecular weight excluding hydrogens is 306 g/mol. The highest BCUT2D eigenvalue weighted by atomic mass is 32.2. The summed E-state index contributed by atoms with van der Waals surface area (Å²) >= 11 is 0.821. The Balaban J connectivity index is 3.02. The summed E-state index contributed by atoms with van der Waals surface area (Å²) in [5.41, 5.74) is 0.106. The van der Waals surface area contributed by atoms with Gasteiger partial charge in [0.15, 0.2) is 0 Å². The number of nitrogens with one attached hydrogen (secondary N) is 1. The lowest BCUT2D eigenvalue weighted by Gasteiger charge is -2.17. The summed E-state index contributed by atoms with van der Waals surface area (Å²) in [4.78, 5) is 22.3. The molecule has 1 aromatic heterocycles. The Morgan fingerprint density at radius 3 is 2.45 bits per heavy atom. The van der Waals surface area contributed by atoms with Gasteiger partial charge >= 0.3 is 11.9 Å². The Kier molecular flexibility index (Phi) is 5.26. The van der Waals surface area contributed by atoms with Gasteiger partial charge in [0, 0.05) is 5.38 Å². The molecule has 0 aliphatic carbocycles. The van der Waals surface area contributed by atoms with Crippen LogP contribution in [0, 0.1) is 5.92 Å². The Hall–Kier alpha value is -1.45. The predicted octanol–water partition coefficient (Wildman–Crippen LogP) is 0.922. The number of carboxylic acids is 1. The second kappa shape index (κ2) is 6.33. The maximum absolute atomic E-state index is 12.1. The highest BCUT2D eigenvalue weighted by Crippen LogP contribution is 2.21. The van der Waals surface area contributed by atoms with Gasteiger partial charge in [0.05, 0.1) is 12.7 Å². The summed E-state index contributed by atoms with van der Waals surface area (Å²) < 4.78 is 30.6. The molecule has 0 saturated heterocycles. The number of carbonyl (C=O) groups excluding carboxylic acids is 1. The molecule has 0 aliphatic heterocycles. The first-order valence-corrected chi connectivity index (χ1v) is 7.97. The van der Waals surface area contributed by atoms with Gasteiger partial charge in [-0.15, -0.1) is 11.3 Å². The number of carboxylic acid groups (broad SMARTS) is 1. The molecule has 9 heteroatoms. The van der Waals surface area contributed by atoms with Gasteiger partial charge in [0.25, 0.3) is 10.0 Å². The topological polar surface area (TPSA) is 110 Å². The minimum Gasteiger partial charge on any atom is -0.480 e. The molecule has 112 valence electrons.